The van der Waals surface area contributed by atoms with E-state index in [1.165, 1.54) is 0 Å². The van der Waals surface area contributed by atoms with Crippen molar-refractivity contribution < 1.29 is 8.83 Å². The maximum Gasteiger partial charge on any atom is 0.210 e. The van der Waals surface area contributed by atoms with Gasteiger partial charge in [-0.1, -0.05) is 74.5 Å². The van der Waals surface area contributed by atoms with Gasteiger partial charge in [0.05, 0.1) is 0 Å². The van der Waals surface area contributed by atoms with E-state index in [0.717, 1.165) is 35.4 Å². The molecule has 0 atom stereocenters. The molecular weight excluding hydrogens is 336 g/mol. The molecule has 0 aliphatic carbocycles. The number of oxazole rings is 2. The van der Waals surface area contributed by atoms with Gasteiger partial charge in [-0.05, 0) is 12.8 Å². The number of nitrogens with zero attached hydrogens (tertiary/aromatic N) is 2. The van der Waals surface area contributed by atoms with E-state index in [1.54, 1.807) is 12.5 Å². The number of benzene rings is 2. The lowest BCUT2D eigenvalue weighted by Gasteiger charge is -2.24. The number of hydrogen-bond donors (Lipinski definition) is 0. The second-order valence-electron chi connectivity index (χ2n) is 6.60. The molecule has 2 aromatic carbocycles. The first-order chi connectivity index (χ1) is 13.3. The Labute approximate surface area is 158 Å². The van der Waals surface area contributed by atoms with E-state index < -0.39 is 5.41 Å². The van der Waals surface area contributed by atoms with Crippen LogP contribution in [0.1, 0.15) is 38.5 Å². The summed E-state index contributed by atoms with van der Waals surface area (Å²) in [5.74, 6) is 1.29. The molecule has 0 spiro atoms. The predicted molar refractivity (Wildman–Crippen MR) is 105 cm³/mol. The molecule has 0 aliphatic heterocycles. The summed E-state index contributed by atoms with van der Waals surface area (Å²) in [5, 5.41) is 0. The van der Waals surface area contributed by atoms with E-state index in [9.17, 15) is 0 Å². The molecule has 0 unspecified atom stereocenters. The van der Waals surface area contributed by atoms with Crippen molar-refractivity contribution in [2.75, 3.05) is 0 Å². The molecule has 4 nitrogen and oxygen atoms in total. The average molecular weight is 358 g/mol. The highest BCUT2D eigenvalue weighted by Gasteiger charge is 2.40. The number of rotatable bonds is 6. The zero-order valence-corrected chi connectivity index (χ0v) is 15.6. The van der Waals surface area contributed by atoms with Crippen LogP contribution in [0.4, 0.5) is 0 Å². The monoisotopic (exact) mass is 358 g/mol. The van der Waals surface area contributed by atoms with Gasteiger partial charge in [0.2, 0.25) is 11.8 Å². The van der Waals surface area contributed by atoms with Crippen LogP contribution in [-0.4, -0.2) is 9.97 Å². The van der Waals surface area contributed by atoms with Crippen LogP contribution in [0.5, 0.6) is 0 Å². The van der Waals surface area contributed by atoms with Gasteiger partial charge in [0.25, 0.3) is 0 Å². The lowest BCUT2D eigenvalue weighted by molar-refractivity contribution is 0.286. The van der Waals surface area contributed by atoms with Gasteiger partial charge in [0.15, 0.2) is 0 Å². The standard InChI is InChI=1S/C23H22N2O2/c1-3-23(4-2,21-24-19(15-26-21)17-11-7-5-8-12-17)22-25-20(16-27-22)18-13-9-6-10-14-18/h5-16H,3-4H2,1-2H3. The third-order valence-electron chi connectivity index (χ3n) is 5.17. The topological polar surface area (TPSA) is 52.1 Å². The predicted octanol–water partition coefficient (Wildman–Crippen LogP) is 6.10. The van der Waals surface area contributed by atoms with Gasteiger partial charge >= 0.3 is 0 Å². The third kappa shape index (κ3) is 3.08. The normalized spacial score (nSPS) is 11.6. The van der Waals surface area contributed by atoms with Gasteiger partial charge in [0, 0.05) is 11.1 Å². The Hall–Kier alpha value is -3.14. The highest BCUT2D eigenvalue weighted by atomic mass is 16.4. The Morgan fingerprint density at radius 2 is 1.07 bits per heavy atom. The molecule has 0 N–H and O–H groups in total. The maximum atomic E-state index is 5.92. The largest absolute Gasteiger partial charge is 0.447 e. The lowest BCUT2D eigenvalue weighted by Crippen LogP contribution is -2.27. The minimum atomic E-state index is -0.486. The van der Waals surface area contributed by atoms with Crippen LogP contribution in [0.15, 0.2) is 82.0 Å². The van der Waals surface area contributed by atoms with E-state index in [1.807, 2.05) is 60.7 Å². The minimum absolute atomic E-state index is 0.486. The van der Waals surface area contributed by atoms with E-state index in [-0.39, 0.29) is 0 Å². The van der Waals surface area contributed by atoms with Crippen LogP contribution >= 0.6 is 0 Å². The Morgan fingerprint density at radius 1 is 0.667 bits per heavy atom. The van der Waals surface area contributed by atoms with Crippen molar-refractivity contribution >= 4 is 0 Å². The first-order valence-electron chi connectivity index (χ1n) is 9.29. The van der Waals surface area contributed by atoms with Crippen LogP contribution in [0.25, 0.3) is 22.5 Å². The van der Waals surface area contributed by atoms with Crippen molar-refractivity contribution in [1.82, 2.24) is 9.97 Å². The van der Waals surface area contributed by atoms with Gasteiger partial charge < -0.3 is 8.83 Å². The Morgan fingerprint density at radius 3 is 1.44 bits per heavy atom. The fourth-order valence-corrected chi connectivity index (χ4v) is 3.42. The molecule has 0 radical (unpaired) electrons. The van der Waals surface area contributed by atoms with E-state index in [4.69, 9.17) is 18.8 Å². The minimum Gasteiger partial charge on any atom is -0.447 e. The third-order valence-corrected chi connectivity index (χ3v) is 5.17. The van der Waals surface area contributed by atoms with Crippen LogP contribution in [0.3, 0.4) is 0 Å². The molecule has 0 bridgehead atoms. The molecule has 4 aromatic rings. The number of aromatic nitrogens is 2. The molecule has 0 amide bonds. The van der Waals surface area contributed by atoms with Crippen LogP contribution < -0.4 is 0 Å². The lowest BCUT2D eigenvalue weighted by atomic mass is 9.82. The molecular formula is C23H22N2O2. The van der Waals surface area contributed by atoms with Gasteiger partial charge in [-0.15, -0.1) is 0 Å². The summed E-state index contributed by atoms with van der Waals surface area (Å²) in [6.45, 7) is 4.23. The average Bonchev–Trinajstić information content (AvgIpc) is 3.42. The second-order valence-corrected chi connectivity index (χ2v) is 6.60. The fourth-order valence-electron chi connectivity index (χ4n) is 3.42. The van der Waals surface area contributed by atoms with Crippen LogP contribution in [0.2, 0.25) is 0 Å². The maximum absolute atomic E-state index is 5.92. The van der Waals surface area contributed by atoms with Gasteiger partial charge in [-0.2, -0.15) is 0 Å². The summed E-state index contributed by atoms with van der Waals surface area (Å²) >= 11 is 0. The smallest absolute Gasteiger partial charge is 0.210 e. The summed E-state index contributed by atoms with van der Waals surface area (Å²) in [6.07, 6.45) is 5.00. The van der Waals surface area contributed by atoms with Gasteiger partial charge in [-0.3, -0.25) is 0 Å². The van der Waals surface area contributed by atoms with Crippen LogP contribution in [-0.2, 0) is 5.41 Å². The van der Waals surface area contributed by atoms with Crippen molar-refractivity contribution in [3.05, 3.63) is 85.0 Å². The SMILES string of the molecule is CCC(CC)(c1nc(-c2ccccc2)co1)c1nc(-c2ccccc2)co1. The van der Waals surface area contributed by atoms with E-state index in [2.05, 4.69) is 13.8 Å². The van der Waals surface area contributed by atoms with Crippen molar-refractivity contribution in [1.29, 1.82) is 0 Å². The summed E-state index contributed by atoms with van der Waals surface area (Å²) in [4.78, 5) is 9.57. The molecule has 2 heterocycles. The van der Waals surface area contributed by atoms with Gasteiger partial charge in [-0.25, -0.2) is 9.97 Å². The molecule has 0 aliphatic rings. The highest BCUT2D eigenvalue weighted by Crippen LogP contribution is 2.39. The molecule has 4 heteroatoms. The van der Waals surface area contributed by atoms with Crippen molar-refractivity contribution in [3.63, 3.8) is 0 Å². The molecule has 136 valence electrons. The highest BCUT2D eigenvalue weighted by molar-refractivity contribution is 5.59. The summed E-state index contributed by atoms with van der Waals surface area (Å²) in [6, 6.07) is 20.1. The summed E-state index contributed by atoms with van der Waals surface area (Å²) in [7, 11) is 0. The molecule has 2 aromatic heterocycles. The second kappa shape index (κ2) is 7.23. The Bertz CT molecular complexity index is 919. The summed E-state index contributed by atoms with van der Waals surface area (Å²) < 4.78 is 11.8. The molecule has 0 saturated carbocycles. The first-order valence-corrected chi connectivity index (χ1v) is 9.29. The Balaban J connectivity index is 1.74. The van der Waals surface area contributed by atoms with Crippen molar-refractivity contribution in [2.45, 2.75) is 32.1 Å². The van der Waals surface area contributed by atoms with Crippen LogP contribution in [0, 0.1) is 0 Å². The van der Waals surface area contributed by atoms with Crippen molar-refractivity contribution in [3.8, 4) is 22.5 Å². The summed E-state index contributed by atoms with van der Waals surface area (Å²) in [5.41, 5.74) is 3.23. The van der Waals surface area contributed by atoms with E-state index >= 15 is 0 Å². The molecule has 0 saturated heterocycles. The fraction of sp³-hybridized carbons (Fsp3) is 0.217. The number of hydrogen-bond acceptors (Lipinski definition) is 4. The zero-order valence-electron chi connectivity index (χ0n) is 15.6. The molecule has 0 fully saturated rings. The van der Waals surface area contributed by atoms with E-state index in [0.29, 0.717) is 11.8 Å². The molecule has 27 heavy (non-hydrogen) atoms. The quantitative estimate of drug-likeness (QED) is 0.418. The Kier molecular flexibility index (Phi) is 4.63. The van der Waals surface area contributed by atoms with Crippen molar-refractivity contribution in [2.24, 2.45) is 0 Å². The zero-order chi connectivity index (χ0) is 18.7. The first kappa shape index (κ1) is 17.3. The molecule has 4 rings (SSSR count). The van der Waals surface area contributed by atoms with Gasteiger partial charge in [0.1, 0.15) is 29.3 Å².